The van der Waals surface area contributed by atoms with Gasteiger partial charge in [-0.1, -0.05) is 13.3 Å². The Morgan fingerprint density at radius 2 is 2.09 bits per heavy atom. The van der Waals surface area contributed by atoms with E-state index in [1.807, 2.05) is 0 Å². The summed E-state index contributed by atoms with van der Waals surface area (Å²) in [6.45, 7) is 2.69. The van der Waals surface area contributed by atoms with Crippen molar-refractivity contribution in [3.63, 3.8) is 0 Å². The highest BCUT2D eigenvalue weighted by Crippen LogP contribution is 2.19. The standard InChI is InChI=1S/C14H22N4O3S/c1-3-4-6-15-13(19)11-8-16-14(17-9-11)18(2)12-5-7-22(20,21)10-12/h8-9,12H,3-7,10H2,1-2H3,(H,15,19). The third-order valence-corrected chi connectivity index (χ3v) is 5.54. The van der Waals surface area contributed by atoms with Crippen molar-refractivity contribution in [1.29, 1.82) is 0 Å². The Hall–Kier alpha value is -1.70. The van der Waals surface area contributed by atoms with Gasteiger partial charge in [-0.3, -0.25) is 4.79 Å². The molecule has 0 radical (unpaired) electrons. The Morgan fingerprint density at radius 3 is 2.64 bits per heavy atom. The van der Waals surface area contributed by atoms with Crippen molar-refractivity contribution >= 4 is 21.7 Å². The van der Waals surface area contributed by atoms with Gasteiger partial charge in [0.25, 0.3) is 5.91 Å². The number of rotatable bonds is 6. The van der Waals surface area contributed by atoms with Gasteiger partial charge < -0.3 is 10.2 Å². The van der Waals surface area contributed by atoms with Gasteiger partial charge in [0, 0.05) is 32.0 Å². The molecule has 0 spiro atoms. The zero-order valence-electron chi connectivity index (χ0n) is 12.9. The zero-order chi connectivity index (χ0) is 16.2. The Kier molecular flexibility index (Phi) is 5.33. The summed E-state index contributed by atoms with van der Waals surface area (Å²) in [5, 5.41) is 2.80. The lowest BCUT2D eigenvalue weighted by molar-refractivity contribution is 0.0952. The number of hydrogen-bond acceptors (Lipinski definition) is 6. The fourth-order valence-corrected chi connectivity index (χ4v) is 4.12. The topological polar surface area (TPSA) is 92.3 Å². The highest BCUT2D eigenvalue weighted by atomic mass is 32.2. The molecule has 1 aliphatic rings. The van der Waals surface area contributed by atoms with Crippen LogP contribution in [0.4, 0.5) is 5.95 Å². The number of carbonyl (C=O) groups is 1. The van der Waals surface area contributed by atoms with E-state index in [9.17, 15) is 13.2 Å². The van der Waals surface area contributed by atoms with Crippen molar-refractivity contribution < 1.29 is 13.2 Å². The molecule has 1 unspecified atom stereocenters. The fourth-order valence-electron chi connectivity index (χ4n) is 2.35. The molecule has 8 heteroatoms. The Bertz CT molecular complexity index is 615. The van der Waals surface area contributed by atoms with E-state index in [1.54, 1.807) is 11.9 Å². The molecule has 1 saturated heterocycles. The van der Waals surface area contributed by atoms with E-state index >= 15 is 0 Å². The van der Waals surface area contributed by atoms with E-state index in [-0.39, 0.29) is 23.5 Å². The summed E-state index contributed by atoms with van der Waals surface area (Å²) in [6.07, 6.45) is 5.49. The molecule has 2 heterocycles. The normalized spacial score (nSPS) is 19.8. The van der Waals surface area contributed by atoms with E-state index in [0.29, 0.717) is 24.5 Å². The molecule has 1 N–H and O–H groups in total. The van der Waals surface area contributed by atoms with Crippen LogP contribution >= 0.6 is 0 Å². The molecule has 1 aromatic heterocycles. The first-order valence-electron chi connectivity index (χ1n) is 7.46. The number of hydrogen-bond donors (Lipinski definition) is 1. The van der Waals surface area contributed by atoms with Crippen molar-refractivity contribution in [2.45, 2.75) is 32.2 Å². The first-order valence-corrected chi connectivity index (χ1v) is 9.28. The summed E-state index contributed by atoms with van der Waals surface area (Å²) in [5.41, 5.74) is 0.410. The highest BCUT2D eigenvalue weighted by molar-refractivity contribution is 7.91. The Balaban J connectivity index is 1.98. The number of nitrogens with one attached hydrogen (secondary N) is 1. The molecule has 122 valence electrons. The van der Waals surface area contributed by atoms with Gasteiger partial charge in [-0.2, -0.15) is 0 Å². The van der Waals surface area contributed by atoms with Gasteiger partial charge >= 0.3 is 0 Å². The third kappa shape index (κ3) is 4.16. The second-order valence-corrected chi connectivity index (χ2v) is 7.78. The predicted molar refractivity (Wildman–Crippen MR) is 84.7 cm³/mol. The summed E-state index contributed by atoms with van der Waals surface area (Å²) in [7, 11) is -1.16. The van der Waals surface area contributed by atoms with E-state index in [4.69, 9.17) is 0 Å². The van der Waals surface area contributed by atoms with Crippen LogP contribution in [0.15, 0.2) is 12.4 Å². The van der Waals surface area contributed by atoms with Crippen molar-refractivity contribution in [3.05, 3.63) is 18.0 Å². The molecule has 22 heavy (non-hydrogen) atoms. The Labute approximate surface area is 131 Å². The van der Waals surface area contributed by atoms with Gasteiger partial charge in [-0.05, 0) is 12.8 Å². The minimum absolute atomic E-state index is 0.103. The lowest BCUT2D eigenvalue weighted by Gasteiger charge is -2.23. The van der Waals surface area contributed by atoms with Crippen LogP contribution in [0.3, 0.4) is 0 Å². The second-order valence-electron chi connectivity index (χ2n) is 5.55. The number of nitrogens with zero attached hydrogens (tertiary/aromatic N) is 3. The van der Waals surface area contributed by atoms with Crippen molar-refractivity contribution in [3.8, 4) is 0 Å². The summed E-state index contributed by atoms with van der Waals surface area (Å²) < 4.78 is 23.0. The van der Waals surface area contributed by atoms with Gasteiger partial charge in [-0.15, -0.1) is 0 Å². The largest absolute Gasteiger partial charge is 0.352 e. The van der Waals surface area contributed by atoms with Crippen LogP contribution in [0.5, 0.6) is 0 Å². The van der Waals surface area contributed by atoms with Crippen LogP contribution in [-0.2, 0) is 9.84 Å². The van der Waals surface area contributed by atoms with Crippen LogP contribution in [0.25, 0.3) is 0 Å². The van der Waals surface area contributed by atoms with E-state index in [0.717, 1.165) is 12.8 Å². The zero-order valence-corrected chi connectivity index (χ0v) is 13.8. The van der Waals surface area contributed by atoms with Gasteiger partial charge in [0.05, 0.1) is 17.1 Å². The molecule has 0 saturated carbocycles. The average Bonchev–Trinajstić information content (AvgIpc) is 2.87. The number of anilines is 1. The molecule has 1 aliphatic heterocycles. The van der Waals surface area contributed by atoms with Crippen LogP contribution in [0, 0.1) is 0 Å². The molecule has 1 aromatic rings. The lowest BCUT2D eigenvalue weighted by Crippen LogP contribution is -2.34. The van der Waals surface area contributed by atoms with Crippen LogP contribution < -0.4 is 10.2 Å². The molecule has 1 fully saturated rings. The molecule has 1 amide bonds. The monoisotopic (exact) mass is 326 g/mol. The van der Waals surface area contributed by atoms with Crippen molar-refractivity contribution in [2.24, 2.45) is 0 Å². The minimum atomic E-state index is -2.94. The number of aromatic nitrogens is 2. The summed E-state index contributed by atoms with van der Waals surface area (Å²) in [4.78, 5) is 22.0. The van der Waals surface area contributed by atoms with Crippen molar-refractivity contribution in [2.75, 3.05) is 30.0 Å². The maximum atomic E-state index is 11.9. The average molecular weight is 326 g/mol. The lowest BCUT2D eigenvalue weighted by atomic mass is 10.2. The predicted octanol–water partition coefficient (Wildman–Crippen LogP) is 0.630. The summed E-state index contributed by atoms with van der Waals surface area (Å²) >= 11 is 0. The molecule has 1 atom stereocenters. The Morgan fingerprint density at radius 1 is 1.41 bits per heavy atom. The molecule has 0 bridgehead atoms. The van der Waals surface area contributed by atoms with Gasteiger partial charge in [0.1, 0.15) is 0 Å². The van der Waals surface area contributed by atoms with Crippen LogP contribution in [0.2, 0.25) is 0 Å². The molecule has 0 aromatic carbocycles. The van der Waals surface area contributed by atoms with Gasteiger partial charge in [0.15, 0.2) is 9.84 Å². The third-order valence-electron chi connectivity index (χ3n) is 3.79. The first-order chi connectivity index (χ1) is 10.4. The molecule has 7 nitrogen and oxygen atoms in total. The maximum absolute atomic E-state index is 11.9. The van der Waals surface area contributed by atoms with Crippen LogP contribution in [0.1, 0.15) is 36.5 Å². The van der Waals surface area contributed by atoms with E-state index in [2.05, 4.69) is 22.2 Å². The molecular formula is C14H22N4O3S. The fraction of sp³-hybridized carbons (Fsp3) is 0.643. The molecule has 0 aliphatic carbocycles. The summed E-state index contributed by atoms with van der Waals surface area (Å²) in [5.74, 6) is 0.588. The first kappa shape index (κ1) is 16.7. The second kappa shape index (κ2) is 7.04. The van der Waals surface area contributed by atoms with Gasteiger partial charge in [0.2, 0.25) is 5.95 Å². The minimum Gasteiger partial charge on any atom is -0.352 e. The molecule has 2 rings (SSSR count). The van der Waals surface area contributed by atoms with E-state index < -0.39 is 9.84 Å². The van der Waals surface area contributed by atoms with Gasteiger partial charge in [-0.25, -0.2) is 18.4 Å². The quantitative estimate of drug-likeness (QED) is 0.771. The summed E-state index contributed by atoms with van der Waals surface area (Å²) in [6, 6.07) is -0.103. The number of carbonyl (C=O) groups excluding carboxylic acids is 1. The van der Waals surface area contributed by atoms with E-state index in [1.165, 1.54) is 12.4 Å². The SMILES string of the molecule is CCCCNC(=O)c1cnc(N(C)C2CCS(=O)(=O)C2)nc1. The number of sulfone groups is 1. The van der Waals surface area contributed by atoms with Crippen molar-refractivity contribution in [1.82, 2.24) is 15.3 Å². The number of unbranched alkanes of at least 4 members (excludes halogenated alkanes) is 1. The highest BCUT2D eigenvalue weighted by Gasteiger charge is 2.31. The van der Waals surface area contributed by atoms with Crippen LogP contribution in [-0.4, -0.2) is 55.4 Å². The number of amides is 1. The smallest absolute Gasteiger partial charge is 0.254 e. The maximum Gasteiger partial charge on any atom is 0.254 e. The molecular weight excluding hydrogens is 304 g/mol.